The highest BCUT2D eigenvalue weighted by atomic mass is 19.4. The molecular weight excluding hydrogens is 506 g/mol. The normalized spacial score (nSPS) is 12.0. The number of hydrogen-bond donors (Lipinski definition) is 2. The van der Waals surface area contributed by atoms with Gasteiger partial charge in [0.2, 0.25) is 11.8 Å². The number of nitrogens with zero attached hydrogens (tertiary/aromatic N) is 4. The molecule has 0 radical (unpaired) electrons. The number of halogens is 6. The average molecular weight is 522 g/mol. The number of primary amides is 1. The topological polar surface area (TPSA) is 116 Å². The molecule has 0 aliphatic heterocycles. The smallest absolute Gasteiger partial charge is 0.421 e. The molecule has 1 aromatic carbocycles. The highest BCUT2D eigenvalue weighted by Gasteiger charge is 2.36. The monoisotopic (exact) mass is 522 g/mol. The van der Waals surface area contributed by atoms with Gasteiger partial charge in [-0.25, -0.2) is 15.0 Å². The number of carbonyl (C=O) groups is 1. The molecule has 4 rings (SSSR count). The number of alkyl halides is 6. The molecule has 0 saturated carbocycles. The second-order valence-corrected chi connectivity index (χ2v) is 7.51. The van der Waals surface area contributed by atoms with E-state index in [1.807, 2.05) is 0 Å². The predicted molar refractivity (Wildman–Crippen MR) is 120 cm³/mol. The zero-order valence-corrected chi connectivity index (χ0v) is 18.8. The number of amides is 1. The van der Waals surface area contributed by atoms with Crippen molar-refractivity contribution < 1.29 is 35.9 Å². The van der Waals surface area contributed by atoms with Gasteiger partial charge in [0.25, 0.3) is 0 Å². The van der Waals surface area contributed by atoms with Gasteiger partial charge in [0.1, 0.15) is 16.9 Å². The number of pyridine rings is 2. The molecule has 0 saturated heterocycles. The van der Waals surface area contributed by atoms with Gasteiger partial charge in [0.05, 0.1) is 29.7 Å². The number of aromatic nitrogens is 4. The second-order valence-electron chi connectivity index (χ2n) is 7.51. The maximum absolute atomic E-state index is 13.7. The molecule has 0 aliphatic carbocycles. The minimum atomic E-state index is -4.82. The third-order valence-electron chi connectivity index (χ3n) is 5.04. The number of fused-ring (bicyclic) bond motifs is 1. The van der Waals surface area contributed by atoms with Crippen molar-refractivity contribution in [2.75, 3.05) is 11.9 Å². The fourth-order valence-electron chi connectivity index (χ4n) is 3.42. The maximum Gasteiger partial charge on any atom is 0.421 e. The van der Waals surface area contributed by atoms with Crippen molar-refractivity contribution in [3.05, 3.63) is 65.5 Å². The van der Waals surface area contributed by atoms with Crippen LogP contribution in [0.1, 0.15) is 28.4 Å². The number of nitrogens with one attached hydrogen (secondary N) is 1. The molecule has 0 aliphatic rings. The summed E-state index contributed by atoms with van der Waals surface area (Å²) in [6, 6.07) is 6.16. The summed E-state index contributed by atoms with van der Waals surface area (Å²) in [7, 11) is 0. The van der Waals surface area contributed by atoms with Crippen molar-refractivity contribution in [3.8, 4) is 17.1 Å². The van der Waals surface area contributed by atoms with Crippen LogP contribution in [-0.2, 0) is 12.4 Å². The molecule has 14 heteroatoms. The first-order valence-electron chi connectivity index (χ1n) is 10.5. The SMILES string of the molecule is CCOc1nc(Nc2ccnc3nc(-c4ccc(C(N)=O)cc4C(F)(F)F)cnc23)ccc1C(F)(F)F. The molecule has 0 spiro atoms. The lowest BCUT2D eigenvalue weighted by molar-refractivity contribution is -0.139. The summed E-state index contributed by atoms with van der Waals surface area (Å²) in [6.07, 6.45) is -7.13. The third kappa shape index (κ3) is 5.37. The Morgan fingerprint density at radius 1 is 0.973 bits per heavy atom. The summed E-state index contributed by atoms with van der Waals surface area (Å²) in [5, 5.41) is 2.81. The Hall–Kier alpha value is -4.49. The van der Waals surface area contributed by atoms with E-state index in [0.717, 1.165) is 30.5 Å². The summed E-state index contributed by atoms with van der Waals surface area (Å²) in [5.74, 6) is -1.65. The average Bonchev–Trinajstić information content (AvgIpc) is 2.82. The van der Waals surface area contributed by atoms with Gasteiger partial charge in [-0.05, 0) is 37.3 Å². The van der Waals surface area contributed by atoms with Gasteiger partial charge in [0.15, 0.2) is 5.65 Å². The fraction of sp³-hybridized carbons (Fsp3) is 0.174. The van der Waals surface area contributed by atoms with Crippen LogP contribution in [0.2, 0.25) is 0 Å². The van der Waals surface area contributed by atoms with E-state index in [2.05, 4.69) is 25.3 Å². The Bertz CT molecular complexity index is 1490. The minimum Gasteiger partial charge on any atom is -0.477 e. The molecule has 8 nitrogen and oxygen atoms in total. The van der Waals surface area contributed by atoms with E-state index in [1.165, 1.54) is 19.2 Å². The molecule has 0 bridgehead atoms. The fourth-order valence-corrected chi connectivity index (χ4v) is 3.42. The third-order valence-corrected chi connectivity index (χ3v) is 5.04. The van der Waals surface area contributed by atoms with Crippen molar-refractivity contribution in [3.63, 3.8) is 0 Å². The van der Waals surface area contributed by atoms with Crippen LogP contribution in [0.25, 0.3) is 22.4 Å². The number of benzene rings is 1. The van der Waals surface area contributed by atoms with E-state index >= 15 is 0 Å². The maximum atomic E-state index is 13.7. The number of rotatable bonds is 6. The summed E-state index contributed by atoms with van der Waals surface area (Å²) in [6.45, 7) is 1.46. The van der Waals surface area contributed by atoms with Crippen LogP contribution in [0.4, 0.5) is 37.8 Å². The number of carbonyl (C=O) groups excluding carboxylic acids is 1. The summed E-state index contributed by atoms with van der Waals surface area (Å²) in [4.78, 5) is 27.6. The molecular formula is C23H16F6N6O2. The quantitative estimate of drug-likeness (QED) is 0.327. The van der Waals surface area contributed by atoms with Crippen molar-refractivity contribution in [1.29, 1.82) is 0 Å². The van der Waals surface area contributed by atoms with Gasteiger partial charge >= 0.3 is 12.4 Å². The number of hydrogen-bond acceptors (Lipinski definition) is 7. The van der Waals surface area contributed by atoms with Crippen LogP contribution in [0, 0.1) is 0 Å². The van der Waals surface area contributed by atoms with Crippen LogP contribution >= 0.6 is 0 Å². The first-order chi connectivity index (χ1) is 17.4. The first-order valence-corrected chi connectivity index (χ1v) is 10.5. The lowest BCUT2D eigenvalue weighted by atomic mass is 10.0. The lowest BCUT2D eigenvalue weighted by Crippen LogP contribution is -2.14. The summed E-state index contributed by atoms with van der Waals surface area (Å²) in [5.41, 5.74) is 2.37. The Kier molecular flexibility index (Phi) is 6.59. The van der Waals surface area contributed by atoms with Gasteiger partial charge in [-0.3, -0.25) is 4.79 Å². The molecule has 3 aromatic heterocycles. The van der Waals surface area contributed by atoms with E-state index in [-0.39, 0.29) is 46.1 Å². The van der Waals surface area contributed by atoms with E-state index in [0.29, 0.717) is 6.07 Å². The van der Waals surface area contributed by atoms with Crippen molar-refractivity contribution >= 4 is 28.6 Å². The van der Waals surface area contributed by atoms with Crippen molar-refractivity contribution in [2.45, 2.75) is 19.3 Å². The summed E-state index contributed by atoms with van der Waals surface area (Å²) < 4.78 is 85.7. The zero-order chi connectivity index (χ0) is 27.0. The largest absolute Gasteiger partial charge is 0.477 e. The van der Waals surface area contributed by atoms with Crippen LogP contribution in [0.15, 0.2) is 48.8 Å². The Morgan fingerprint density at radius 3 is 2.35 bits per heavy atom. The van der Waals surface area contributed by atoms with E-state index < -0.39 is 35.3 Å². The lowest BCUT2D eigenvalue weighted by Gasteiger charge is -2.15. The molecule has 37 heavy (non-hydrogen) atoms. The van der Waals surface area contributed by atoms with E-state index in [9.17, 15) is 31.1 Å². The van der Waals surface area contributed by atoms with Gasteiger partial charge in [-0.2, -0.15) is 31.3 Å². The zero-order valence-electron chi connectivity index (χ0n) is 18.8. The van der Waals surface area contributed by atoms with Crippen molar-refractivity contribution in [2.24, 2.45) is 5.73 Å². The van der Waals surface area contributed by atoms with Crippen LogP contribution in [0.3, 0.4) is 0 Å². The Balaban J connectivity index is 1.74. The molecule has 4 aromatic rings. The Labute approximate surface area is 204 Å². The van der Waals surface area contributed by atoms with Crippen LogP contribution < -0.4 is 15.8 Å². The van der Waals surface area contributed by atoms with Crippen LogP contribution in [0.5, 0.6) is 5.88 Å². The molecule has 1 amide bonds. The Morgan fingerprint density at radius 2 is 1.70 bits per heavy atom. The van der Waals surface area contributed by atoms with Gasteiger partial charge < -0.3 is 15.8 Å². The van der Waals surface area contributed by atoms with E-state index in [4.69, 9.17) is 10.5 Å². The number of ether oxygens (including phenoxy) is 1. The molecule has 3 heterocycles. The minimum absolute atomic E-state index is 0.00350. The van der Waals surface area contributed by atoms with Gasteiger partial charge in [0, 0.05) is 17.3 Å². The van der Waals surface area contributed by atoms with Crippen LogP contribution in [-0.4, -0.2) is 32.4 Å². The first kappa shape index (κ1) is 25.6. The molecule has 0 unspecified atom stereocenters. The molecule has 0 fully saturated rings. The van der Waals surface area contributed by atoms with E-state index in [1.54, 1.807) is 0 Å². The highest BCUT2D eigenvalue weighted by molar-refractivity contribution is 5.94. The molecule has 3 N–H and O–H groups in total. The van der Waals surface area contributed by atoms with Crippen molar-refractivity contribution in [1.82, 2.24) is 19.9 Å². The standard InChI is InChI=1S/C23H16F6N6O2/c1-2-37-21-13(22(24,25)26)5-6-17(35-21)33-15-7-8-31-20-18(15)32-10-16(34-20)12-4-3-11(19(30)36)9-14(12)23(27,28)29/h3-10H,2H2,1H3,(H2,30,36)(H,31,33,34,35). The molecule has 192 valence electrons. The predicted octanol–water partition coefficient (Wildman–Crippen LogP) is 5.37. The number of nitrogens with two attached hydrogens (primary N) is 1. The summed E-state index contributed by atoms with van der Waals surface area (Å²) >= 11 is 0. The van der Waals surface area contributed by atoms with Gasteiger partial charge in [-0.15, -0.1) is 0 Å². The second kappa shape index (κ2) is 9.52. The molecule has 0 atom stereocenters. The highest BCUT2D eigenvalue weighted by Crippen LogP contribution is 2.38. The number of anilines is 2. The van der Waals surface area contributed by atoms with Gasteiger partial charge in [-0.1, -0.05) is 6.07 Å².